The minimum atomic E-state index is -1.02. The first kappa shape index (κ1) is 18.2. The van der Waals surface area contributed by atoms with Crippen LogP contribution in [0.4, 0.5) is 0 Å². The lowest BCUT2D eigenvalue weighted by atomic mass is 9.91. The van der Waals surface area contributed by atoms with Crippen LogP contribution in [0.1, 0.15) is 45.2 Å². The second-order valence-electron chi connectivity index (χ2n) is 5.79. The first-order valence-corrected chi connectivity index (χ1v) is 7.56. The zero-order valence-corrected chi connectivity index (χ0v) is 13.8. The maximum absolute atomic E-state index is 12.5. The normalized spacial score (nSPS) is 16.2. The standard InChI is InChI=1S/C17H26N2O3/c1-5-11-17(3,16(21)22-4)19-15(20)12(2)14(18)13-9-7-6-8-10-13/h6-10,12,14H,5,11,18H2,1-4H3,(H,19,20). The van der Waals surface area contributed by atoms with Gasteiger partial charge in [-0.1, -0.05) is 50.6 Å². The number of nitrogens with one attached hydrogen (secondary N) is 1. The number of rotatable bonds is 7. The molecule has 0 aliphatic carbocycles. The van der Waals surface area contributed by atoms with E-state index in [2.05, 4.69) is 5.32 Å². The smallest absolute Gasteiger partial charge is 0.331 e. The second-order valence-corrected chi connectivity index (χ2v) is 5.79. The number of amides is 1. The Kier molecular flexibility index (Phi) is 6.56. The van der Waals surface area contributed by atoms with E-state index in [0.717, 1.165) is 12.0 Å². The topological polar surface area (TPSA) is 81.4 Å². The summed E-state index contributed by atoms with van der Waals surface area (Å²) >= 11 is 0. The minimum Gasteiger partial charge on any atom is -0.467 e. The SMILES string of the molecule is CCCC(C)(NC(=O)C(C)C(N)c1ccccc1)C(=O)OC. The Morgan fingerprint density at radius 3 is 2.41 bits per heavy atom. The van der Waals surface area contributed by atoms with Crippen molar-refractivity contribution in [3.63, 3.8) is 0 Å². The maximum Gasteiger partial charge on any atom is 0.331 e. The van der Waals surface area contributed by atoms with Crippen molar-refractivity contribution in [1.29, 1.82) is 0 Å². The lowest BCUT2D eigenvalue weighted by molar-refractivity contribution is -0.151. The van der Waals surface area contributed by atoms with E-state index < -0.39 is 23.5 Å². The predicted molar refractivity (Wildman–Crippen MR) is 86.0 cm³/mol. The zero-order chi connectivity index (χ0) is 16.8. The van der Waals surface area contributed by atoms with Crippen molar-refractivity contribution in [3.05, 3.63) is 35.9 Å². The molecule has 3 N–H and O–H groups in total. The molecule has 0 aliphatic rings. The minimum absolute atomic E-state index is 0.252. The first-order chi connectivity index (χ1) is 10.4. The lowest BCUT2D eigenvalue weighted by Crippen LogP contribution is -2.54. The number of hydrogen-bond donors (Lipinski definition) is 2. The third-order valence-corrected chi connectivity index (χ3v) is 3.92. The van der Waals surface area contributed by atoms with Gasteiger partial charge in [0.05, 0.1) is 13.0 Å². The van der Waals surface area contributed by atoms with Crippen LogP contribution in [0.15, 0.2) is 30.3 Å². The number of methoxy groups -OCH3 is 1. The summed E-state index contributed by atoms with van der Waals surface area (Å²) in [5, 5.41) is 2.80. The molecule has 0 spiro atoms. The van der Waals surface area contributed by atoms with Crippen molar-refractivity contribution in [3.8, 4) is 0 Å². The van der Waals surface area contributed by atoms with Crippen LogP contribution >= 0.6 is 0 Å². The Morgan fingerprint density at radius 1 is 1.32 bits per heavy atom. The number of carbonyl (C=O) groups is 2. The van der Waals surface area contributed by atoms with Crippen LogP contribution in [0.3, 0.4) is 0 Å². The molecule has 3 atom stereocenters. The molecule has 0 saturated heterocycles. The monoisotopic (exact) mass is 306 g/mol. The van der Waals surface area contributed by atoms with E-state index >= 15 is 0 Å². The van der Waals surface area contributed by atoms with Crippen LogP contribution in [0.25, 0.3) is 0 Å². The van der Waals surface area contributed by atoms with E-state index in [0.29, 0.717) is 6.42 Å². The molecule has 22 heavy (non-hydrogen) atoms. The summed E-state index contributed by atoms with van der Waals surface area (Å²) in [5.41, 5.74) is 6.03. The van der Waals surface area contributed by atoms with Gasteiger partial charge < -0.3 is 15.8 Å². The van der Waals surface area contributed by atoms with E-state index in [1.807, 2.05) is 37.3 Å². The Hall–Kier alpha value is -1.88. The third-order valence-electron chi connectivity index (χ3n) is 3.92. The lowest BCUT2D eigenvalue weighted by Gasteiger charge is -2.30. The number of esters is 1. The third kappa shape index (κ3) is 4.31. The highest BCUT2D eigenvalue weighted by Gasteiger charge is 2.37. The molecule has 1 rings (SSSR count). The summed E-state index contributed by atoms with van der Waals surface area (Å²) in [7, 11) is 1.32. The molecule has 0 bridgehead atoms. The number of nitrogens with two attached hydrogens (primary N) is 1. The summed E-state index contributed by atoms with van der Waals surface area (Å²) in [4.78, 5) is 24.4. The van der Waals surface area contributed by atoms with Gasteiger partial charge in [0.15, 0.2) is 0 Å². The van der Waals surface area contributed by atoms with Gasteiger partial charge in [0, 0.05) is 6.04 Å². The van der Waals surface area contributed by atoms with Crippen LogP contribution in [0.5, 0.6) is 0 Å². The Balaban J connectivity index is 2.83. The van der Waals surface area contributed by atoms with Crippen molar-refractivity contribution in [2.24, 2.45) is 11.7 Å². The van der Waals surface area contributed by atoms with E-state index in [9.17, 15) is 9.59 Å². The van der Waals surface area contributed by atoms with Crippen molar-refractivity contribution in [2.45, 2.75) is 45.2 Å². The van der Waals surface area contributed by atoms with Gasteiger partial charge in [0.2, 0.25) is 5.91 Å². The van der Waals surface area contributed by atoms with Crippen molar-refractivity contribution in [1.82, 2.24) is 5.32 Å². The van der Waals surface area contributed by atoms with Crippen molar-refractivity contribution < 1.29 is 14.3 Å². The molecular weight excluding hydrogens is 280 g/mol. The van der Waals surface area contributed by atoms with E-state index in [1.165, 1.54) is 7.11 Å². The summed E-state index contributed by atoms with van der Waals surface area (Å²) in [5.74, 6) is -1.15. The van der Waals surface area contributed by atoms with Gasteiger partial charge in [-0.2, -0.15) is 0 Å². The quantitative estimate of drug-likeness (QED) is 0.756. The maximum atomic E-state index is 12.5. The molecule has 1 aromatic rings. The fourth-order valence-electron chi connectivity index (χ4n) is 2.45. The molecule has 0 radical (unpaired) electrons. The predicted octanol–water partition coefficient (Wildman–Crippen LogP) is 2.17. The van der Waals surface area contributed by atoms with Crippen molar-refractivity contribution in [2.75, 3.05) is 7.11 Å². The summed E-state index contributed by atoms with van der Waals surface area (Å²) in [6.07, 6.45) is 1.27. The molecule has 1 aromatic carbocycles. The van der Waals surface area contributed by atoms with Crippen LogP contribution < -0.4 is 11.1 Å². The largest absolute Gasteiger partial charge is 0.467 e. The fraction of sp³-hybridized carbons (Fsp3) is 0.529. The van der Waals surface area contributed by atoms with Gasteiger partial charge in [0.25, 0.3) is 0 Å². The Bertz CT molecular complexity index is 504. The van der Waals surface area contributed by atoms with Crippen LogP contribution in [-0.2, 0) is 14.3 Å². The van der Waals surface area contributed by atoms with E-state index in [4.69, 9.17) is 10.5 Å². The van der Waals surface area contributed by atoms with Crippen LogP contribution in [0.2, 0.25) is 0 Å². The molecular formula is C17H26N2O3. The number of benzene rings is 1. The van der Waals surface area contributed by atoms with Crippen LogP contribution in [0, 0.1) is 5.92 Å². The van der Waals surface area contributed by atoms with Gasteiger partial charge >= 0.3 is 5.97 Å². The van der Waals surface area contributed by atoms with Gasteiger partial charge in [-0.3, -0.25) is 4.79 Å². The van der Waals surface area contributed by atoms with Gasteiger partial charge in [-0.15, -0.1) is 0 Å². The molecule has 5 heteroatoms. The molecule has 0 fully saturated rings. The second kappa shape index (κ2) is 7.94. The molecule has 5 nitrogen and oxygen atoms in total. The van der Waals surface area contributed by atoms with Gasteiger partial charge in [0.1, 0.15) is 5.54 Å². The number of carbonyl (C=O) groups excluding carboxylic acids is 2. The average molecular weight is 306 g/mol. The molecule has 122 valence electrons. The van der Waals surface area contributed by atoms with Crippen molar-refractivity contribution >= 4 is 11.9 Å². The first-order valence-electron chi connectivity index (χ1n) is 7.56. The average Bonchev–Trinajstić information content (AvgIpc) is 2.53. The molecule has 0 aromatic heterocycles. The number of hydrogen-bond acceptors (Lipinski definition) is 4. The highest BCUT2D eigenvalue weighted by molar-refractivity contribution is 5.88. The summed E-state index contributed by atoms with van der Waals surface area (Å²) in [6, 6.07) is 9.02. The molecule has 0 heterocycles. The zero-order valence-electron chi connectivity index (χ0n) is 13.8. The highest BCUT2D eigenvalue weighted by atomic mass is 16.5. The number of ether oxygens (including phenoxy) is 1. The highest BCUT2D eigenvalue weighted by Crippen LogP contribution is 2.21. The van der Waals surface area contributed by atoms with E-state index in [-0.39, 0.29) is 5.91 Å². The van der Waals surface area contributed by atoms with E-state index in [1.54, 1.807) is 13.8 Å². The van der Waals surface area contributed by atoms with Gasteiger partial charge in [-0.05, 0) is 18.9 Å². The molecule has 0 saturated carbocycles. The Morgan fingerprint density at radius 2 is 1.91 bits per heavy atom. The van der Waals surface area contributed by atoms with Crippen LogP contribution in [-0.4, -0.2) is 24.5 Å². The van der Waals surface area contributed by atoms with Gasteiger partial charge in [-0.25, -0.2) is 4.79 Å². The molecule has 3 unspecified atom stereocenters. The summed E-state index contributed by atoms with van der Waals surface area (Å²) < 4.78 is 4.81. The molecule has 1 amide bonds. The fourth-order valence-corrected chi connectivity index (χ4v) is 2.45. The Labute approximate surface area is 132 Å². The molecule has 0 aliphatic heterocycles. The summed E-state index contributed by atoms with van der Waals surface area (Å²) in [6.45, 7) is 5.39.